The molecule has 1 aliphatic carbocycles. The van der Waals surface area contributed by atoms with Crippen molar-refractivity contribution in [3.63, 3.8) is 0 Å². The number of alkyl halides is 3. The van der Waals surface area contributed by atoms with E-state index in [0.717, 1.165) is 16.6 Å². The molecule has 1 unspecified atom stereocenters. The summed E-state index contributed by atoms with van der Waals surface area (Å²) in [5, 5.41) is 3.67. The highest BCUT2D eigenvalue weighted by atomic mass is 19.4. The van der Waals surface area contributed by atoms with Crippen LogP contribution in [0, 0.1) is 11.7 Å². The molecule has 9 heteroatoms. The number of hydrogen-bond acceptors (Lipinski definition) is 3. The van der Waals surface area contributed by atoms with Crippen molar-refractivity contribution in [2.75, 3.05) is 6.61 Å². The average molecular weight is 421 g/mol. The maximum Gasteiger partial charge on any atom is 0.422 e. The summed E-state index contributed by atoms with van der Waals surface area (Å²) in [5.74, 6) is -0.700. The molecular weight excluding hydrogens is 402 g/mol. The molecule has 1 saturated carbocycles. The number of halogens is 4. The minimum absolute atomic E-state index is 0.0453. The molecule has 2 aromatic heterocycles. The van der Waals surface area contributed by atoms with Crippen LogP contribution in [0.25, 0.3) is 10.9 Å². The number of H-pyrrole nitrogens is 1. The zero-order chi connectivity index (χ0) is 21.5. The molecule has 5 nitrogen and oxygen atoms in total. The average Bonchev–Trinajstić information content (AvgIpc) is 3.39. The van der Waals surface area contributed by atoms with Crippen LogP contribution < -0.4 is 10.1 Å². The van der Waals surface area contributed by atoms with Gasteiger partial charge in [-0.3, -0.25) is 4.79 Å². The second kappa shape index (κ2) is 7.62. The van der Waals surface area contributed by atoms with E-state index >= 15 is 0 Å². The highest BCUT2D eigenvalue weighted by molar-refractivity contribution is 5.85. The van der Waals surface area contributed by atoms with Crippen LogP contribution in [0.4, 0.5) is 17.6 Å². The van der Waals surface area contributed by atoms with Crippen LogP contribution in [0.3, 0.4) is 0 Å². The smallest absolute Gasteiger partial charge is 0.422 e. The Hall–Kier alpha value is -3.10. The first-order valence-corrected chi connectivity index (χ1v) is 9.43. The van der Waals surface area contributed by atoms with Crippen LogP contribution in [-0.2, 0) is 4.79 Å². The Balaban J connectivity index is 1.33. The molecule has 2 N–H and O–H groups in total. The van der Waals surface area contributed by atoms with Gasteiger partial charge < -0.3 is 15.0 Å². The van der Waals surface area contributed by atoms with Gasteiger partial charge >= 0.3 is 6.18 Å². The zero-order valence-electron chi connectivity index (χ0n) is 16.0. The summed E-state index contributed by atoms with van der Waals surface area (Å²) in [5.41, 5.74) is 2.38. The largest absolute Gasteiger partial charge is 0.468 e. The molecule has 0 radical (unpaired) electrons. The second-order valence-corrected chi connectivity index (χ2v) is 7.47. The number of rotatable bonds is 6. The van der Waals surface area contributed by atoms with Crippen molar-refractivity contribution < 1.29 is 27.1 Å². The van der Waals surface area contributed by atoms with E-state index in [2.05, 4.69) is 20.0 Å². The number of aromatic nitrogens is 2. The molecule has 30 heavy (non-hydrogen) atoms. The molecule has 3 aromatic rings. The number of carbonyl (C=O) groups excluding carboxylic acids is 1. The lowest BCUT2D eigenvalue weighted by molar-refractivity contribution is -0.154. The molecular formula is C21H19F4N3O2. The van der Waals surface area contributed by atoms with Crippen molar-refractivity contribution in [1.29, 1.82) is 0 Å². The Morgan fingerprint density at radius 2 is 2.10 bits per heavy atom. The van der Waals surface area contributed by atoms with Crippen molar-refractivity contribution in [3.8, 4) is 5.88 Å². The highest BCUT2D eigenvalue weighted by Gasteiger charge is 2.45. The van der Waals surface area contributed by atoms with Crippen LogP contribution in [0.15, 0.2) is 42.6 Å². The lowest BCUT2D eigenvalue weighted by atomic mass is 10.1. The minimum Gasteiger partial charge on any atom is -0.468 e. The van der Waals surface area contributed by atoms with E-state index in [4.69, 9.17) is 0 Å². The monoisotopic (exact) mass is 421 g/mol. The Labute approximate surface area is 169 Å². The Kier molecular flexibility index (Phi) is 5.13. The Morgan fingerprint density at radius 1 is 1.30 bits per heavy atom. The predicted molar refractivity (Wildman–Crippen MR) is 101 cm³/mol. The molecule has 3 atom stereocenters. The fourth-order valence-electron chi connectivity index (χ4n) is 3.45. The topological polar surface area (TPSA) is 67.0 Å². The number of amides is 1. The molecule has 1 amide bonds. The van der Waals surface area contributed by atoms with E-state index in [9.17, 15) is 22.4 Å². The van der Waals surface area contributed by atoms with Gasteiger partial charge in [0, 0.05) is 40.7 Å². The van der Waals surface area contributed by atoms with Crippen LogP contribution in [0.2, 0.25) is 0 Å². The Bertz CT molecular complexity index is 1060. The number of carbonyl (C=O) groups is 1. The van der Waals surface area contributed by atoms with Crippen molar-refractivity contribution in [2.24, 2.45) is 5.92 Å². The summed E-state index contributed by atoms with van der Waals surface area (Å²) in [4.78, 5) is 19.7. The zero-order valence-corrected chi connectivity index (χ0v) is 16.0. The summed E-state index contributed by atoms with van der Waals surface area (Å²) in [6.45, 7) is 0.364. The van der Waals surface area contributed by atoms with Crippen molar-refractivity contribution in [1.82, 2.24) is 15.3 Å². The van der Waals surface area contributed by atoms with Gasteiger partial charge in [0.05, 0.1) is 6.04 Å². The van der Waals surface area contributed by atoms with Gasteiger partial charge in [-0.2, -0.15) is 13.2 Å². The van der Waals surface area contributed by atoms with E-state index in [1.54, 1.807) is 19.1 Å². The van der Waals surface area contributed by atoms with Gasteiger partial charge in [0.1, 0.15) is 5.82 Å². The van der Waals surface area contributed by atoms with Gasteiger partial charge in [-0.15, -0.1) is 0 Å². The number of nitrogens with one attached hydrogen (secondary N) is 2. The molecule has 158 valence electrons. The van der Waals surface area contributed by atoms with Gasteiger partial charge in [0.15, 0.2) is 6.61 Å². The SMILES string of the molecule is CC(NC(=O)[C@@H]1C[C@H]1c1cc2cc(F)ccc2[nH]1)c1ccc(OCC(F)(F)F)nc1. The third kappa shape index (κ3) is 4.55. The fraction of sp³-hybridized carbons (Fsp3) is 0.333. The maximum atomic E-state index is 13.4. The van der Waals surface area contributed by atoms with E-state index < -0.39 is 12.8 Å². The van der Waals surface area contributed by atoms with Gasteiger partial charge in [-0.05, 0) is 43.2 Å². The molecule has 0 aliphatic heterocycles. The number of hydrogen-bond donors (Lipinski definition) is 2. The maximum absolute atomic E-state index is 13.4. The number of aromatic amines is 1. The molecule has 2 heterocycles. The van der Waals surface area contributed by atoms with E-state index in [1.165, 1.54) is 24.4 Å². The predicted octanol–water partition coefficient (Wildman–Crippen LogP) is 4.62. The number of pyridine rings is 1. The lowest BCUT2D eigenvalue weighted by Crippen LogP contribution is -2.28. The van der Waals surface area contributed by atoms with E-state index in [1.807, 2.05) is 6.07 Å². The lowest BCUT2D eigenvalue weighted by Gasteiger charge is -2.15. The van der Waals surface area contributed by atoms with Crippen LogP contribution in [0.5, 0.6) is 5.88 Å². The Morgan fingerprint density at radius 3 is 2.80 bits per heavy atom. The van der Waals surface area contributed by atoms with Crippen LogP contribution in [-0.4, -0.2) is 28.7 Å². The standard InChI is InChI=1S/C21H19F4N3O2/c1-11(12-2-5-19(26-9-12)30-10-21(23,24)25)27-20(29)16-8-15(16)18-7-13-6-14(22)3-4-17(13)28-18/h2-7,9,11,15-16,28H,8,10H2,1H3,(H,27,29)/t11?,15-,16-/m1/s1. The first kappa shape index (κ1) is 20.2. The second-order valence-electron chi connectivity index (χ2n) is 7.47. The van der Waals surface area contributed by atoms with E-state index in [0.29, 0.717) is 12.0 Å². The molecule has 1 aliphatic rings. The molecule has 1 aromatic carbocycles. The molecule has 1 fully saturated rings. The number of fused-ring (bicyclic) bond motifs is 1. The third-order valence-corrected chi connectivity index (χ3v) is 5.13. The first-order valence-electron chi connectivity index (χ1n) is 9.43. The summed E-state index contributed by atoms with van der Waals surface area (Å²) in [7, 11) is 0. The van der Waals surface area contributed by atoms with Crippen molar-refractivity contribution >= 4 is 16.8 Å². The summed E-state index contributed by atoms with van der Waals surface area (Å²) >= 11 is 0. The molecule has 4 rings (SSSR count). The number of ether oxygens (including phenoxy) is 1. The third-order valence-electron chi connectivity index (χ3n) is 5.13. The van der Waals surface area contributed by atoms with E-state index in [-0.39, 0.29) is 35.5 Å². The van der Waals surface area contributed by atoms with Gasteiger partial charge in [-0.1, -0.05) is 6.07 Å². The van der Waals surface area contributed by atoms with Crippen molar-refractivity contribution in [3.05, 3.63) is 59.7 Å². The number of nitrogens with zero attached hydrogens (tertiary/aromatic N) is 1. The van der Waals surface area contributed by atoms with Crippen LogP contribution >= 0.6 is 0 Å². The summed E-state index contributed by atoms with van der Waals surface area (Å²) < 4.78 is 54.5. The van der Waals surface area contributed by atoms with Gasteiger partial charge in [-0.25, -0.2) is 9.37 Å². The number of benzene rings is 1. The van der Waals surface area contributed by atoms with Gasteiger partial charge in [0.25, 0.3) is 0 Å². The first-order chi connectivity index (χ1) is 14.2. The molecule has 0 saturated heterocycles. The van der Waals surface area contributed by atoms with Crippen molar-refractivity contribution in [2.45, 2.75) is 31.5 Å². The van der Waals surface area contributed by atoms with Gasteiger partial charge in [0.2, 0.25) is 11.8 Å². The summed E-state index contributed by atoms with van der Waals surface area (Å²) in [6, 6.07) is 8.91. The minimum atomic E-state index is -4.43. The normalized spacial score (nSPS) is 19.5. The molecule has 0 bridgehead atoms. The quantitative estimate of drug-likeness (QED) is 0.571. The highest BCUT2D eigenvalue weighted by Crippen LogP contribution is 2.48. The van der Waals surface area contributed by atoms with Crippen LogP contribution in [0.1, 0.15) is 36.6 Å². The fourth-order valence-corrected chi connectivity index (χ4v) is 3.45. The molecule has 0 spiro atoms. The summed E-state index contributed by atoms with van der Waals surface area (Å²) in [6.07, 6.45) is -2.36.